The number of amides is 3. The molecular weight excluding hydrogens is 572 g/mol. The lowest BCUT2D eigenvalue weighted by atomic mass is 10.0. The molecule has 2 fully saturated rings. The zero-order chi connectivity index (χ0) is 31.9. The summed E-state index contributed by atoms with van der Waals surface area (Å²) in [4.78, 5) is 56.6. The topological polar surface area (TPSA) is 148 Å². The third-order valence-corrected chi connectivity index (χ3v) is 8.30. The number of fused-ring (bicyclic) bond motifs is 1. The second kappa shape index (κ2) is 14.1. The first-order valence-electron chi connectivity index (χ1n) is 15.4. The molecule has 1 aliphatic carbocycles. The molecule has 1 aromatic rings. The van der Waals surface area contributed by atoms with Crippen LogP contribution >= 0.6 is 0 Å². The van der Waals surface area contributed by atoms with Gasteiger partial charge in [0.15, 0.2) is 0 Å². The highest BCUT2D eigenvalue weighted by Crippen LogP contribution is 2.37. The number of Topliss-reactive ketones (excluding diaryl/α,β-unsaturated/α-hetero) is 1. The van der Waals surface area contributed by atoms with Gasteiger partial charge in [-0.3, -0.25) is 19.2 Å². The van der Waals surface area contributed by atoms with E-state index in [4.69, 9.17) is 4.42 Å². The molecule has 5 rings (SSSR count). The largest absolute Gasteiger partial charge is 0.472 e. The van der Waals surface area contributed by atoms with E-state index in [1.54, 1.807) is 47.3 Å². The minimum atomic E-state index is -0.782. The fourth-order valence-corrected chi connectivity index (χ4v) is 5.93. The van der Waals surface area contributed by atoms with Gasteiger partial charge >= 0.3 is 0 Å². The van der Waals surface area contributed by atoms with E-state index < -0.39 is 11.8 Å². The van der Waals surface area contributed by atoms with Crippen molar-refractivity contribution >= 4 is 29.2 Å². The number of aryl methyl sites for hydroxylation is 1. The van der Waals surface area contributed by atoms with Crippen molar-refractivity contribution in [1.29, 1.82) is 5.26 Å². The Morgan fingerprint density at radius 3 is 2.56 bits per heavy atom. The van der Waals surface area contributed by atoms with Crippen LogP contribution in [0.3, 0.4) is 0 Å². The number of hydrogen-bond acceptors (Lipinski definition) is 8. The van der Waals surface area contributed by atoms with Crippen LogP contribution in [-0.2, 0) is 9.59 Å². The second-order valence-electron chi connectivity index (χ2n) is 11.4. The predicted molar refractivity (Wildman–Crippen MR) is 168 cm³/mol. The zero-order valence-corrected chi connectivity index (χ0v) is 25.7. The Bertz CT molecular complexity index is 1630. The number of hydrogen-bond donors (Lipinski definition) is 3. The highest BCUT2D eigenvalue weighted by atomic mass is 16.3. The Kier molecular flexibility index (Phi) is 9.82. The van der Waals surface area contributed by atoms with E-state index in [-0.39, 0.29) is 41.2 Å². The lowest BCUT2D eigenvalue weighted by molar-refractivity contribution is -0.140. The summed E-state index contributed by atoms with van der Waals surface area (Å²) >= 11 is 0. The number of allylic oxidation sites excluding steroid dienone is 1. The molecule has 11 heteroatoms. The monoisotopic (exact) mass is 610 g/mol. The van der Waals surface area contributed by atoms with E-state index >= 15 is 0 Å². The first-order valence-corrected chi connectivity index (χ1v) is 15.4. The molecule has 0 bridgehead atoms. The van der Waals surface area contributed by atoms with Gasteiger partial charge in [-0.1, -0.05) is 12.1 Å². The van der Waals surface area contributed by atoms with Crippen molar-refractivity contribution in [2.75, 3.05) is 38.0 Å². The maximum atomic E-state index is 13.9. The molecule has 3 amide bonds. The van der Waals surface area contributed by atoms with Gasteiger partial charge in [0.25, 0.3) is 5.91 Å². The van der Waals surface area contributed by atoms with Gasteiger partial charge in [0.1, 0.15) is 23.5 Å². The molecule has 3 aliphatic heterocycles. The van der Waals surface area contributed by atoms with Crippen LogP contribution in [0.1, 0.15) is 65.3 Å². The van der Waals surface area contributed by atoms with E-state index in [0.717, 1.165) is 42.4 Å². The van der Waals surface area contributed by atoms with Crippen molar-refractivity contribution in [3.63, 3.8) is 0 Å². The van der Waals surface area contributed by atoms with Crippen LogP contribution in [0.4, 0.5) is 5.69 Å². The first-order chi connectivity index (χ1) is 21.8. The molecule has 0 spiro atoms. The molecule has 2 saturated heterocycles. The lowest BCUT2D eigenvalue weighted by Gasteiger charge is -2.28. The van der Waals surface area contributed by atoms with Crippen LogP contribution in [0.2, 0.25) is 0 Å². The van der Waals surface area contributed by atoms with Crippen LogP contribution in [-0.4, -0.2) is 72.1 Å². The number of nitriles is 1. The van der Waals surface area contributed by atoms with Crippen molar-refractivity contribution in [2.45, 2.75) is 52.0 Å². The van der Waals surface area contributed by atoms with E-state index in [9.17, 15) is 24.4 Å². The number of rotatable bonds is 10. The molecule has 4 aliphatic rings. The molecule has 0 radical (unpaired) electrons. The summed E-state index contributed by atoms with van der Waals surface area (Å²) in [5.74, 6) is -1.19. The molecule has 3 N–H and O–H groups in total. The van der Waals surface area contributed by atoms with Crippen LogP contribution < -0.4 is 16.0 Å². The minimum Gasteiger partial charge on any atom is -0.472 e. The van der Waals surface area contributed by atoms with Crippen molar-refractivity contribution in [3.8, 4) is 17.2 Å². The summed E-state index contributed by atoms with van der Waals surface area (Å²) in [5, 5.41) is 19.6. The number of likely N-dealkylation sites (tertiary alicyclic amines) is 2. The fourth-order valence-electron chi connectivity index (χ4n) is 5.93. The average molecular weight is 611 g/mol. The van der Waals surface area contributed by atoms with Gasteiger partial charge in [0.05, 0.1) is 24.8 Å². The van der Waals surface area contributed by atoms with Crippen molar-refractivity contribution in [3.05, 3.63) is 77.0 Å². The standard InChI is InChI=1S/C34H38N6O5/c1-3-36-33(43)24-10-8-9-23(18-24)31(42)27(19-35)32(38-30-22(2)17-25-21-45-16-12-26(25)30)37-28-11-4-5-15-40(34(28)44)20-29(41)39-13-6-7-14-39/h8-10,12,16-18,21,28,37-38H,3-7,11,13-15,20H2,1-2H3,(H,36,43)/t28-/m0/s1. The summed E-state index contributed by atoms with van der Waals surface area (Å²) in [6, 6.07) is 11.2. The third-order valence-electron chi connectivity index (χ3n) is 8.30. The van der Waals surface area contributed by atoms with E-state index in [2.05, 4.69) is 22.0 Å². The van der Waals surface area contributed by atoms with Gasteiger partial charge in [0.2, 0.25) is 17.6 Å². The SMILES string of the molecule is CCNC(=O)c1cccc(C(=O)C(C#N)=C(Nc2c(C)cc3coccc2-3)N[C@H]2CCCCN(CC(=O)N3CCCC3)C2=O)c1. The number of carbonyl (C=O) groups is 4. The third kappa shape index (κ3) is 7.01. The molecule has 0 unspecified atom stereocenters. The summed E-state index contributed by atoms with van der Waals surface area (Å²) < 4.78 is 5.33. The molecule has 0 saturated carbocycles. The molecule has 1 aromatic carbocycles. The highest BCUT2D eigenvalue weighted by molar-refractivity contribution is 6.13. The van der Waals surface area contributed by atoms with Crippen LogP contribution in [0.15, 0.2) is 64.7 Å². The number of carbonyl (C=O) groups excluding carboxylic acids is 4. The average Bonchev–Trinajstić information content (AvgIpc) is 3.66. The van der Waals surface area contributed by atoms with Gasteiger partial charge < -0.3 is 30.2 Å². The summed E-state index contributed by atoms with van der Waals surface area (Å²) in [6.45, 7) is 5.98. The van der Waals surface area contributed by atoms with E-state index in [0.29, 0.717) is 43.9 Å². The summed E-state index contributed by atoms with van der Waals surface area (Å²) in [6.07, 6.45) is 6.98. The van der Waals surface area contributed by atoms with Gasteiger partial charge in [0, 0.05) is 48.4 Å². The number of ketones is 1. The smallest absolute Gasteiger partial charge is 0.251 e. The quantitative estimate of drug-likeness (QED) is 0.177. The number of anilines is 1. The highest BCUT2D eigenvalue weighted by Gasteiger charge is 2.32. The summed E-state index contributed by atoms with van der Waals surface area (Å²) in [5.41, 5.74) is 3.35. The van der Waals surface area contributed by atoms with E-state index in [1.807, 2.05) is 13.0 Å². The lowest BCUT2D eigenvalue weighted by Crippen LogP contribution is -2.49. The van der Waals surface area contributed by atoms with Gasteiger partial charge in [-0.25, -0.2) is 0 Å². The fraction of sp³-hybridized carbons (Fsp3) is 0.382. The molecule has 3 heterocycles. The Morgan fingerprint density at radius 2 is 1.80 bits per heavy atom. The summed E-state index contributed by atoms with van der Waals surface area (Å²) in [7, 11) is 0. The molecule has 234 valence electrons. The molecular formula is C34H38N6O5. The number of nitrogens with one attached hydrogen (secondary N) is 3. The Hall–Kier alpha value is -5.11. The Balaban J connectivity index is 1.50. The number of benzene rings is 1. The molecule has 1 atom stereocenters. The second-order valence-corrected chi connectivity index (χ2v) is 11.4. The van der Waals surface area contributed by atoms with E-state index in [1.165, 1.54) is 12.3 Å². The van der Waals surface area contributed by atoms with Crippen molar-refractivity contribution in [1.82, 2.24) is 20.4 Å². The number of nitrogens with zero attached hydrogens (tertiary/aromatic N) is 3. The van der Waals surface area contributed by atoms with Gasteiger partial charge in [-0.05, 0) is 75.8 Å². The van der Waals surface area contributed by atoms with Crippen LogP contribution in [0.5, 0.6) is 0 Å². The van der Waals surface area contributed by atoms with Crippen LogP contribution in [0, 0.1) is 18.3 Å². The van der Waals surface area contributed by atoms with Crippen LogP contribution in [0.25, 0.3) is 11.1 Å². The van der Waals surface area contributed by atoms with Crippen molar-refractivity contribution in [2.24, 2.45) is 0 Å². The Morgan fingerprint density at radius 1 is 1.04 bits per heavy atom. The predicted octanol–water partition coefficient (Wildman–Crippen LogP) is 4.07. The zero-order valence-electron chi connectivity index (χ0n) is 25.7. The molecule has 0 aromatic heterocycles. The Labute approximate surface area is 262 Å². The normalized spacial score (nSPS) is 17.4. The molecule has 11 nitrogen and oxygen atoms in total. The minimum absolute atomic E-state index is 0.00373. The molecule has 45 heavy (non-hydrogen) atoms. The van der Waals surface area contributed by atoms with Gasteiger partial charge in [-0.2, -0.15) is 5.26 Å². The first kappa shape index (κ1) is 31.3. The van der Waals surface area contributed by atoms with Gasteiger partial charge in [-0.15, -0.1) is 0 Å². The maximum Gasteiger partial charge on any atom is 0.251 e. The van der Waals surface area contributed by atoms with Crippen molar-refractivity contribution < 1.29 is 23.6 Å². The maximum absolute atomic E-state index is 13.9.